The summed E-state index contributed by atoms with van der Waals surface area (Å²) in [6.45, 7) is 0.460. The minimum atomic E-state index is -0.440. The molecule has 0 amide bonds. The summed E-state index contributed by atoms with van der Waals surface area (Å²) in [4.78, 5) is 4.07. The second-order valence-corrected chi connectivity index (χ2v) is 4.05. The highest BCUT2D eigenvalue weighted by atomic mass is 35.5. The topological polar surface area (TPSA) is 48.7 Å². The Morgan fingerprint density at radius 2 is 2.17 bits per heavy atom. The molecular weight excluding hydrogens is 253 g/mol. The molecule has 2 rings (SSSR count). The number of hydrogen-bond acceptors (Lipinski definition) is 3. The van der Waals surface area contributed by atoms with Crippen molar-refractivity contribution in [1.82, 2.24) is 4.98 Å². The van der Waals surface area contributed by atoms with Crippen LogP contribution in [-0.2, 0) is 6.54 Å². The van der Waals surface area contributed by atoms with Gasteiger partial charge < -0.3 is 5.32 Å². The Balaban J connectivity index is 2.07. The minimum Gasteiger partial charge on any atom is -0.366 e. The van der Waals surface area contributed by atoms with Crippen LogP contribution in [0.2, 0.25) is 5.02 Å². The molecule has 1 N–H and O–H groups in total. The Labute approximate surface area is 109 Å². The van der Waals surface area contributed by atoms with Crippen LogP contribution in [-0.4, -0.2) is 4.98 Å². The van der Waals surface area contributed by atoms with E-state index in [1.54, 1.807) is 30.5 Å². The first-order chi connectivity index (χ1) is 8.69. The third-order valence-electron chi connectivity index (χ3n) is 2.35. The van der Waals surface area contributed by atoms with E-state index in [0.717, 1.165) is 5.56 Å². The molecule has 1 heterocycles. The van der Waals surface area contributed by atoms with Crippen molar-refractivity contribution in [3.05, 3.63) is 58.5 Å². The lowest BCUT2D eigenvalue weighted by Crippen LogP contribution is -2.01. The van der Waals surface area contributed by atoms with E-state index in [-0.39, 0.29) is 5.02 Å². The third-order valence-corrected chi connectivity index (χ3v) is 2.64. The zero-order chi connectivity index (χ0) is 13.0. The molecule has 0 radical (unpaired) electrons. The molecule has 1 aromatic heterocycles. The fourth-order valence-corrected chi connectivity index (χ4v) is 1.64. The van der Waals surface area contributed by atoms with Crippen molar-refractivity contribution in [1.29, 1.82) is 5.26 Å². The lowest BCUT2D eigenvalue weighted by Gasteiger charge is -2.06. The molecule has 1 aromatic carbocycles. The van der Waals surface area contributed by atoms with Gasteiger partial charge in [-0.1, -0.05) is 17.7 Å². The first-order valence-electron chi connectivity index (χ1n) is 5.23. The molecule has 0 fully saturated rings. The number of nitrogens with zero attached hydrogens (tertiary/aromatic N) is 2. The highest BCUT2D eigenvalue weighted by Crippen LogP contribution is 2.17. The smallest absolute Gasteiger partial charge is 0.141 e. The molecule has 90 valence electrons. The summed E-state index contributed by atoms with van der Waals surface area (Å²) in [5, 5.41) is 11.9. The summed E-state index contributed by atoms with van der Waals surface area (Å²) in [5.41, 5.74) is 1.37. The van der Waals surface area contributed by atoms with E-state index in [0.29, 0.717) is 17.9 Å². The molecule has 0 aliphatic carbocycles. The second kappa shape index (κ2) is 5.48. The molecule has 0 saturated heterocycles. The Bertz CT molecular complexity index is 607. The van der Waals surface area contributed by atoms with Gasteiger partial charge in [0.05, 0.1) is 16.7 Å². The molecule has 0 spiro atoms. The van der Waals surface area contributed by atoms with Crippen molar-refractivity contribution in [2.24, 2.45) is 0 Å². The van der Waals surface area contributed by atoms with Crippen molar-refractivity contribution < 1.29 is 4.39 Å². The summed E-state index contributed by atoms with van der Waals surface area (Å²) in [5.74, 6) is 0.152. The van der Waals surface area contributed by atoms with Gasteiger partial charge in [0.2, 0.25) is 0 Å². The largest absolute Gasteiger partial charge is 0.366 e. The fraction of sp³-hybridized carbons (Fsp3) is 0.0769. The number of anilines is 1. The van der Waals surface area contributed by atoms with Crippen LogP contribution in [0.4, 0.5) is 10.2 Å². The molecule has 0 aliphatic heterocycles. The average Bonchev–Trinajstić information content (AvgIpc) is 2.40. The molecular formula is C13H9ClFN3. The number of nitrogens with one attached hydrogen (secondary N) is 1. The monoisotopic (exact) mass is 261 g/mol. The van der Waals surface area contributed by atoms with Crippen LogP contribution < -0.4 is 5.32 Å². The van der Waals surface area contributed by atoms with Crippen molar-refractivity contribution in [2.45, 2.75) is 6.54 Å². The van der Waals surface area contributed by atoms with Gasteiger partial charge in [-0.3, -0.25) is 0 Å². The highest BCUT2D eigenvalue weighted by molar-refractivity contribution is 6.30. The quantitative estimate of drug-likeness (QED) is 0.922. The number of hydrogen-bond donors (Lipinski definition) is 1. The van der Waals surface area contributed by atoms with Crippen molar-refractivity contribution in [2.75, 3.05) is 5.32 Å². The lowest BCUT2D eigenvalue weighted by atomic mass is 10.2. The number of rotatable bonds is 3. The van der Waals surface area contributed by atoms with Gasteiger partial charge in [0, 0.05) is 12.7 Å². The second-order valence-electron chi connectivity index (χ2n) is 3.64. The maximum atomic E-state index is 13.0. The van der Waals surface area contributed by atoms with Gasteiger partial charge in [0.25, 0.3) is 0 Å². The first kappa shape index (κ1) is 12.3. The van der Waals surface area contributed by atoms with Gasteiger partial charge in [0.15, 0.2) is 0 Å². The maximum Gasteiger partial charge on any atom is 0.141 e. The lowest BCUT2D eigenvalue weighted by molar-refractivity contribution is 0.627. The number of nitriles is 1. The van der Waals surface area contributed by atoms with Crippen LogP contribution in [0.25, 0.3) is 0 Å². The SMILES string of the molecule is N#Cc1ccnc(NCc2ccc(F)c(Cl)c2)c1. The van der Waals surface area contributed by atoms with E-state index >= 15 is 0 Å². The van der Waals surface area contributed by atoms with Gasteiger partial charge in [-0.05, 0) is 29.8 Å². The summed E-state index contributed by atoms with van der Waals surface area (Å²) in [7, 11) is 0. The molecule has 2 aromatic rings. The summed E-state index contributed by atoms with van der Waals surface area (Å²) < 4.78 is 13.0. The molecule has 0 aliphatic rings. The van der Waals surface area contributed by atoms with Crippen LogP contribution in [0.1, 0.15) is 11.1 Å². The van der Waals surface area contributed by atoms with Crippen molar-refractivity contribution in [3.63, 3.8) is 0 Å². The normalized spacial score (nSPS) is 9.83. The Hall–Kier alpha value is -2.12. The van der Waals surface area contributed by atoms with Gasteiger partial charge in [-0.2, -0.15) is 5.26 Å². The van der Waals surface area contributed by atoms with Crippen LogP contribution >= 0.6 is 11.6 Å². The minimum absolute atomic E-state index is 0.0908. The van der Waals surface area contributed by atoms with Gasteiger partial charge >= 0.3 is 0 Å². The third kappa shape index (κ3) is 2.96. The van der Waals surface area contributed by atoms with Gasteiger partial charge in [-0.15, -0.1) is 0 Å². The predicted molar refractivity (Wildman–Crippen MR) is 67.7 cm³/mol. The predicted octanol–water partition coefficient (Wildman–Crippen LogP) is 3.36. The van der Waals surface area contributed by atoms with Gasteiger partial charge in [-0.25, -0.2) is 9.37 Å². The Morgan fingerprint density at radius 3 is 2.89 bits per heavy atom. The summed E-state index contributed by atoms with van der Waals surface area (Å²) in [6, 6.07) is 9.81. The van der Waals surface area contributed by atoms with E-state index in [4.69, 9.17) is 16.9 Å². The van der Waals surface area contributed by atoms with E-state index in [9.17, 15) is 4.39 Å². The zero-order valence-corrected chi connectivity index (χ0v) is 10.1. The maximum absolute atomic E-state index is 13.0. The van der Waals surface area contributed by atoms with E-state index in [2.05, 4.69) is 10.3 Å². The van der Waals surface area contributed by atoms with E-state index in [1.165, 1.54) is 6.07 Å². The fourth-order valence-electron chi connectivity index (χ4n) is 1.44. The Kier molecular flexibility index (Phi) is 3.75. The first-order valence-corrected chi connectivity index (χ1v) is 5.61. The standard InChI is InChI=1S/C13H9ClFN3/c14-11-5-10(1-2-12(11)15)8-18-13-6-9(7-16)3-4-17-13/h1-6H,8H2,(H,17,18). The Morgan fingerprint density at radius 1 is 1.33 bits per heavy atom. The van der Waals surface area contributed by atoms with Crippen molar-refractivity contribution >= 4 is 17.4 Å². The molecule has 3 nitrogen and oxygen atoms in total. The number of pyridine rings is 1. The van der Waals surface area contributed by atoms with E-state index < -0.39 is 5.82 Å². The van der Waals surface area contributed by atoms with Crippen LogP contribution in [0.15, 0.2) is 36.5 Å². The summed E-state index contributed by atoms with van der Waals surface area (Å²) >= 11 is 5.68. The molecule has 0 bridgehead atoms. The molecule has 0 saturated carbocycles. The van der Waals surface area contributed by atoms with Crippen LogP contribution in [0.5, 0.6) is 0 Å². The molecule has 18 heavy (non-hydrogen) atoms. The number of benzene rings is 1. The van der Waals surface area contributed by atoms with Crippen LogP contribution in [0.3, 0.4) is 0 Å². The van der Waals surface area contributed by atoms with Crippen molar-refractivity contribution in [3.8, 4) is 6.07 Å². The number of halogens is 2. The number of aromatic nitrogens is 1. The van der Waals surface area contributed by atoms with Crippen LogP contribution in [0, 0.1) is 17.1 Å². The highest BCUT2D eigenvalue weighted by Gasteiger charge is 2.01. The molecule has 0 unspecified atom stereocenters. The zero-order valence-electron chi connectivity index (χ0n) is 9.32. The van der Waals surface area contributed by atoms with E-state index in [1.807, 2.05) is 6.07 Å². The van der Waals surface area contributed by atoms with Gasteiger partial charge in [0.1, 0.15) is 11.6 Å². The summed E-state index contributed by atoms with van der Waals surface area (Å²) in [6.07, 6.45) is 1.55. The average molecular weight is 262 g/mol. The molecule has 0 atom stereocenters. The molecule has 5 heteroatoms.